The zero-order valence-corrected chi connectivity index (χ0v) is 11.6. The van der Waals surface area contributed by atoms with Crippen molar-refractivity contribution in [2.75, 3.05) is 13.1 Å². The lowest BCUT2D eigenvalue weighted by molar-refractivity contribution is 0.263. The van der Waals surface area contributed by atoms with Crippen molar-refractivity contribution in [2.45, 2.75) is 11.8 Å². The lowest BCUT2D eigenvalue weighted by Gasteiger charge is -2.43. The van der Waals surface area contributed by atoms with Crippen LogP contribution in [0.4, 0.5) is 8.78 Å². The average Bonchev–Trinajstić information content (AvgIpc) is 2.39. The molecule has 0 atom stereocenters. The second kappa shape index (κ2) is 5.15. The number of hydrogen-bond acceptors (Lipinski definition) is 1. The van der Waals surface area contributed by atoms with Gasteiger partial charge in [-0.3, -0.25) is 0 Å². The summed E-state index contributed by atoms with van der Waals surface area (Å²) in [4.78, 5) is 0. The molecule has 0 aromatic heterocycles. The fraction of sp³-hybridized carbons (Fsp3) is 0.250. The highest BCUT2D eigenvalue weighted by Crippen LogP contribution is 2.35. The normalized spacial score (nSPS) is 16.8. The molecule has 3 rings (SSSR count). The van der Waals surface area contributed by atoms with Gasteiger partial charge in [-0.2, -0.15) is 0 Å². The lowest BCUT2D eigenvalue weighted by atomic mass is 9.70. The second-order valence-corrected chi connectivity index (χ2v) is 5.71. The van der Waals surface area contributed by atoms with Crippen LogP contribution in [0.3, 0.4) is 0 Å². The highest BCUT2D eigenvalue weighted by Gasteiger charge is 2.41. The molecule has 0 unspecified atom stereocenters. The van der Waals surface area contributed by atoms with Crippen molar-refractivity contribution < 1.29 is 8.78 Å². The quantitative estimate of drug-likeness (QED) is 0.910. The van der Waals surface area contributed by atoms with E-state index in [0.29, 0.717) is 35.7 Å². The van der Waals surface area contributed by atoms with Crippen LogP contribution in [0.5, 0.6) is 0 Å². The minimum Gasteiger partial charge on any atom is -0.315 e. The van der Waals surface area contributed by atoms with Gasteiger partial charge in [0.1, 0.15) is 11.6 Å². The summed E-state index contributed by atoms with van der Waals surface area (Å²) >= 11 is 5.93. The standard InChI is InChI=1S/C16H14ClF2N/c17-12-5-6-14(18)11(7-12)8-16(9-20-10-16)13-3-1-2-4-15(13)19/h1-7,20H,8-10H2. The van der Waals surface area contributed by atoms with Crippen LogP contribution in [-0.2, 0) is 11.8 Å². The Morgan fingerprint density at radius 2 is 1.80 bits per heavy atom. The van der Waals surface area contributed by atoms with Gasteiger partial charge >= 0.3 is 0 Å². The first-order valence-corrected chi connectivity index (χ1v) is 6.88. The molecule has 4 heteroatoms. The van der Waals surface area contributed by atoms with Gasteiger partial charge in [0.15, 0.2) is 0 Å². The SMILES string of the molecule is Fc1ccc(Cl)cc1CC1(c2ccccc2F)CNC1. The summed E-state index contributed by atoms with van der Waals surface area (Å²) in [5.41, 5.74) is 0.775. The van der Waals surface area contributed by atoms with Crippen molar-refractivity contribution in [1.29, 1.82) is 0 Å². The molecule has 0 radical (unpaired) electrons. The number of halogens is 3. The van der Waals surface area contributed by atoms with Crippen molar-refractivity contribution in [3.8, 4) is 0 Å². The van der Waals surface area contributed by atoms with Crippen molar-refractivity contribution in [2.24, 2.45) is 0 Å². The molecule has 0 saturated carbocycles. The molecule has 104 valence electrons. The van der Waals surface area contributed by atoms with Crippen molar-refractivity contribution in [3.05, 3.63) is 70.2 Å². The zero-order chi connectivity index (χ0) is 14.2. The third-order valence-electron chi connectivity index (χ3n) is 3.91. The highest BCUT2D eigenvalue weighted by atomic mass is 35.5. The molecule has 1 aliphatic heterocycles. The molecular formula is C16H14ClF2N. The van der Waals surface area contributed by atoms with Crippen molar-refractivity contribution >= 4 is 11.6 Å². The Labute approximate surface area is 121 Å². The van der Waals surface area contributed by atoms with E-state index in [9.17, 15) is 8.78 Å². The molecule has 0 aliphatic carbocycles. The fourth-order valence-electron chi connectivity index (χ4n) is 2.77. The van der Waals surface area contributed by atoms with Gasteiger partial charge in [0, 0.05) is 23.5 Å². The number of rotatable bonds is 3. The monoisotopic (exact) mass is 293 g/mol. The summed E-state index contributed by atoms with van der Waals surface area (Å²) in [7, 11) is 0. The van der Waals surface area contributed by atoms with Crippen LogP contribution < -0.4 is 5.32 Å². The van der Waals surface area contributed by atoms with Gasteiger partial charge in [0.2, 0.25) is 0 Å². The van der Waals surface area contributed by atoms with E-state index < -0.39 is 5.41 Å². The van der Waals surface area contributed by atoms with Crippen LogP contribution in [0.2, 0.25) is 5.02 Å². The maximum absolute atomic E-state index is 14.0. The molecular weight excluding hydrogens is 280 g/mol. The van der Waals surface area contributed by atoms with Gasteiger partial charge in [-0.25, -0.2) is 8.78 Å². The molecule has 1 fully saturated rings. The molecule has 0 bridgehead atoms. The first-order chi connectivity index (χ1) is 9.61. The van der Waals surface area contributed by atoms with Gasteiger partial charge in [-0.05, 0) is 41.8 Å². The van der Waals surface area contributed by atoms with Gasteiger partial charge in [0.25, 0.3) is 0 Å². The van der Waals surface area contributed by atoms with Gasteiger partial charge < -0.3 is 5.32 Å². The van der Waals surface area contributed by atoms with E-state index in [-0.39, 0.29) is 11.6 Å². The summed E-state index contributed by atoms with van der Waals surface area (Å²) < 4.78 is 27.9. The van der Waals surface area contributed by atoms with Crippen LogP contribution in [-0.4, -0.2) is 13.1 Å². The van der Waals surface area contributed by atoms with Crippen LogP contribution in [0.1, 0.15) is 11.1 Å². The molecule has 0 spiro atoms. The molecule has 2 aromatic rings. The Bertz CT molecular complexity index is 638. The van der Waals surface area contributed by atoms with Crippen molar-refractivity contribution in [1.82, 2.24) is 5.32 Å². The van der Waals surface area contributed by atoms with E-state index in [1.165, 1.54) is 18.2 Å². The molecule has 2 aromatic carbocycles. The molecule has 0 amide bonds. The number of nitrogens with one attached hydrogen (secondary N) is 1. The van der Waals surface area contributed by atoms with E-state index in [2.05, 4.69) is 5.32 Å². The zero-order valence-electron chi connectivity index (χ0n) is 10.8. The van der Waals surface area contributed by atoms with Gasteiger partial charge in [0.05, 0.1) is 0 Å². The predicted octanol–water partition coefficient (Wildman–Crippen LogP) is 3.70. The Kier molecular flexibility index (Phi) is 3.48. The van der Waals surface area contributed by atoms with E-state index in [0.717, 1.165) is 0 Å². The lowest BCUT2D eigenvalue weighted by Crippen LogP contribution is -2.58. The van der Waals surface area contributed by atoms with Crippen LogP contribution in [0, 0.1) is 11.6 Å². The van der Waals surface area contributed by atoms with Crippen molar-refractivity contribution in [3.63, 3.8) is 0 Å². The summed E-state index contributed by atoms with van der Waals surface area (Å²) in [6, 6.07) is 11.2. The average molecular weight is 294 g/mol. The van der Waals surface area contributed by atoms with Gasteiger partial charge in [-0.1, -0.05) is 29.8 Å². The minimum atomic E-state index is -0.392. The van der Waals surface area contributed by atoms with Crippen LogP contribution in [0.25, 0.3) is 0 Å². The Morgan fingerprint density at radius 3 is 2.45 bits per heavy atom. The highest BCUT2D eigenvalue weighted by molar-refractivity contribution is 6.30. The summed E-state index contributed by atoms with van der Waals surface area (Å²) in [6.45, 7) is 1.28. The topological polar surface area (TPSA) is 12.0 Å². The summed E-state index contributed by atoms with van der Waals surface area (Å²) in [6.07, 6.45) is 0.438. The predicted molar refractivity (Wildman–Crippen MR) is 76.1 cm³/mol. The van der Waals surface area contributed by atoms with Gasteiger partial charge in [-0.15, -0.1) is 0 Å². The third-order valence-corrected chi connectivity index (χ3v) is 4.14. The molecule has 1 aliphatic rings. The third kappa shape index (κ3) is 2.32. The maximum atomic E-state index is 14.0. The first-order valence-electron chi connectivity index (χ1n) is 6.50. The van der Waals surface area contributed by atoms with E-state index in [1.54, 1.807) is 18.2 Å². The first kappa shape index (κ1) is 13.5. The number of hydrogen-bond donors (Lipinski definition) is 1. The van der Waals surface area contributed by atoms with Crippen LogP contribution in [0.15, 0.2) is 42.5 Å². The number of benzene rings is 2. The molecule has 1 saturated heterocycles. The van der Waals surface area contributed by atoms with Crippen LogP contribution >= 0.6 is 11.6 Å². The summed E-state index contributed by atoms with van der Waals surface area (Å²) in [5.74, 6) is -0.534. The smallest absolute Gasteiger partial charge is 0.127 e. The molecule has 1 N–H and O–H groups in total. The Balaban J connectivity index is 1.98. The van der Waals surface area contributed by atoms with E-state index >= 15 is 0 Å². The van der Waals surface area contributed by atoms with E-state index in [1.807, 2.05) is 6.07 Å². The second-order valence-electron chi connectivity index (χ2n) is 5.28. The van der Waals surface area contributed by atoms with E-state index in [4.69, 9.17) is 11.6 Å². The minimum absolute atomic E-state index is 0.239. The molecule has 1 nitrogen and oxygen atoms in total. The Hall–Kier alpha value is -1.45. The molecule has 20 heavy (non-hydrogen) atoms. The largest absolute Gasteiger partial charge is 0.315 e. The molecule has 1 heterocycles. The maximum Gasteiger partial charge on any atom is 0.127 e. The Morgan fingerprint density at radius 1 is 1.05 bits per heavy atom. The fourth-order valence-corrected chi connectivity index (χ4v) is 2.97. The summed E-state index contributed by atoms with van der Waals surface area (Å²) in [5, 5.41) is 3.66.